The van der Waals surface area contributed by atoms with Crippen LogP contribution in [0.5, 0.6) is 0 Å². The normalized spacial score (nSPS) is 10.9. The van der Waals surface area contributed by atoms with Crippen LogP contribution in [0.25, 0.3) is 27.3 Å². The number of hydrogen-bond donors (Lipinski definition) is 5. The second-order valence-electron chi connectivity index (χ2n) is 8.25. The highest BCUT2D eigenvalue weighted by molar-refractivity contribution is 7.18. The van der Waals surface area contributed by atoms with Crippen LogP contribution in [0.4, 0.5) is 22.0 Å². The molecule has 0 aliphatic heterocycles. The quantitative estimate of drug-likeness (QED) is 0.206. The minimum absolute atomic E-state index is 0.0511. The predicted molar refractivity (Wildman–Crippen MR) is 148 cm³/mol. The molecule has 37 heavy (non-hydrogen) atoms. The van der Waals surface area contributed by atoms with Gasteiger partial charge < -0.3 is 26.8 Å². The molecule has 0 spiro atoms. The van der Waals surface area contributed by atoms with E-state index < -0.39 is 11.9 Å². The molecule has 6 N–H and O–H groups in total. The number of pyridine rings is 1. The first kappa shape index (κ1) is 25.4. The zero-order valence-electron chi connectivity index (χ0n) is 19.9. The highest BCUT2D eigenvalue weighted by atomic mass is 32.1. The third-order valence-corrected chi connectivity index (χ3v) is 6.46. The van der Waals surface area contributed by atoms with Crippen LogP contribution >= 0.6 is 11.3 Å². The average Bonchev–Trinajstić information content (AvgIpc) is 3.30. The number of carbonyl (C=O) groups excluding carboxylic acids is 2. The van der Waals surface area contributed by atoms with E-state index in [1.807, 2.05) is 60.8 Å². The summed E-state index contributed by atoms with van der Waals surface area (Å²) in [6.45, 7) is 2.01. The fourth-order valence-electron chi connectivity index (χ4n) is 3.68. The maximum Gasteiger partial charge on any atom is 0.323 e. The van der Waals surface area contributed by atoms with Crippen LogP contribution in [0.2, 0.25) is 0 Å². The van der Waals surface area contributed by atoms with Gasteiger partial charge in [-0.25, -0.2) is 9.78 Å². The summed E-state index contributed by atoms with van der Waals surface area (Å²) in [5.41, 5.74) is 11.1. The topological polar surface area (TPSA) is 146 Å². The Bertz CT molecular complexity index is 1490. The molecule has 2 heterocycles. The largest absolute Gasteiger partial charge is 0.481 e. The first-order valence-corrected chi connectivity index (χ1v) is 12.3. The fraction of sp³-hybridized carbons (Fsp3) is 0.111. The van der Waals surface area contributed by atoms with Crippen LogP contribution < -0.4 is 21.7 Å². The molecule has 0 aliphatic rings. The number of rotatable bonds is 8. The van der Waals surface area contributed by atoms with Crippen molar-refractivity contribution in [3.63, 3.8) is 0 Å². The van der Waals surface area contributed by atoms with E-state index in [4.69, 9.17) is 10.8 Å². The third kappa shape index (κ3) is 6.50. The van der Waals surface area contributed by atoms with Crippen molar-refractivity contribution < 1.29 is 19.5 Å². The van der Waals surface area contributed by atoms with Gasteiger partial charge in [-0.1, -0.05) is 24.3 Å². The van der Waals surface area contributed by atoms with Gasteiger partial charge >= 0.3 is 12.0 Å². The van der Waals surface area contributed by atoms with Gasteiger partial charge in [-0.05, 0) is 53.8 Å². The summed E-state index contributed by atoms with van der Waals surface area (Å²) >= 11 is 1.48. The third-order valence-electron chi connectivity index (χ3n) is 5.43. The van der Waals surface area contributed by atoms with E-state index in [2.05, 4.69) is 20.9 Å². The lowest BCUT2D eigenvalue weighted by Gasteiger charge is -2.09. The molecule has 0 radical (unpaired) electrons. The highest BCUT2D eigenvalue weighted by Crippen LogP contribution is 2.39. The van der Waals surface area contributed by atoms with Crippen LogP contribution in [0.1, 0.15) is 17.5 Å². The summed E-state index contributed by atoms with van der Waals surface area (Å²) in [5, 5.41) is 19.6. The molecule has 0 atom stereocenters. The molecule has 4 rings (SSSR count). The van der Waals surface area contributed by atoms with Crippen LogP contribution in [-0.4, -0.2) is 34.5 Å². The average molecular weight is 516 g/mol. The second kappa shape index (κ2) is 11.4. The number of nitrogen functional groups attached to an aromatic ring is 1. The van der Waals surface area contributed by atoms with Gasteiger partial charge in [-0.2, -0.15) is 0 Å². The molecule has 2 aromatic heterocycles. The lowest BCUT2D eigenvalue weighted by molar-refractivity contribution is -0.136. The van der Waals surface area contributed by atoms with E-state index in [1.54, 1.807) is 12.3 Å². The molecule has 0 saturated carbocycles. The van der Waals surface area contributed by atoms with Crippen LogP contribution in [0.15, 0.2) is 66.2 Å². The first-order valence-electron chi connectivity index (χ1n) is 11.4. The van der Waals surface area contributed by atoms with E-state index in [-0.39, 0.29) is 19.0 Å². The van der Waals surface area contributed by atoms with Crippen molar-refractivity contribution in [2.24, 2.45) is 0 Å². The van der Waals surface area contributed by atoms with E-state index in [0.717, 1.165) is 32.3 Å². The monoisotopic (exact) mass is 515 g/mol. The predicted octanol–water partition coefficient (Wildman–Crippen LogP) is 5.10. The number of aromatic nitrogens is 1. The van der Waals surface area contributed by atoms with Crippen LogP contribution in [0, 0.1) is 6.92 Å². The van der Waals surface area contributed by atoms with Gasteiger partial charge in [0.25, 0.3) is 0 Å². The van der Waals surface area contributed by atoms with Gasteiger partial charge in [0.1, 0.15) is 5.82 Å². The Hall–Kier alpha value is -4.70. The minimum atomic E-state index is -0.978. The van der Waals surface area contributed by atoms with Crippen molar-refractivity contribution in [3.8, 4) is 11.1 Å². The van der Waals surface area contributed by atoms with Gasteiger partial charge in [0.15, 0.2) is 0 Å². The summed E-state index contributed by atoms with van der Waals surface area (Å²) in [5.74, 6) is -0.999. The summed E-state index contributed by atoms with van der Waals surface area (Å²) in [6.07, 6.45) is 4.42. The fourth-order valence-corrected chi connectivity index (χ4v) is 4.76. The molecule has 0 aliphatic carbocycles. The highest BCUT2D eigenvalue weighted by Gasteiger charge is 2.14. The van der Waals surface area contributed by atoms with E-state index in [0.29, 0.717) is 17.2 Å². The van der Waals surface area contributed by atoms with Gasteiger partial charge in [0.2, 0.25) is 5.91 Å². The first-order chi connectivity index (χ1) is 17.8. The molecule has 3 amide bonds. The number of amides is 3. The van der Waals surface area contributed by atoms with Gasteiger partial charge in [-0.3, -0.25) is 9.59 Å². The lowest BCUT2D eigenvalue weighted by atomic mass is 10.0. The van der Waals surface area contributed by atoms with Crippen LogP contribution in [0.3, 0.4) is 0 Å². The number of fused-ring (bicyclic) bond motifs is 1. The van der Waals surface area contributed by atoms with Crippen molar-refractivity contribution in [1.29, 1.82) is 0 Å². The number of anilines is 3. The van der Waals surface area contributed by atoms with Gasteiger partial charge in [-0.15, -0.1) is 11.3 Å². The second-order valence-corrected chi connectivity index (χ2v) is 9.13. The number of nitrogens with two attached hydrogens (primary N) is 1. The Morgan fingerprint density at radius 1 is 1.08 bits per heavy atom. The van der Waals surface area contributed by atoms with E-state index >= 15 is 0 Å². The van der Waals surface area contributed by atoms with Crippen molar-refractivity contribution in [2.45, 2.75) is 13.3 Å². The zero-order chi connectivity index (χ0) is 26.4. The Kier molecular flexibility index (Phi) is 7.80. The summed E-state index contributed by atoms with van der Waals surface area (Å²) in [4.78, 5) is 39.2. The Balaban J connectivity index is 1.48. The SMILES string of the molecule is Cc1cccc(NC(=O)Nc2ccc(-c3csc4c(C=CC(=O)NCCC(=O)O)cnc(N)c34)cc2)c1. The number of carboxylic acid groups (broad SMARTS) is 1. The molecule has 0 bridgehead atoms. The van der Waals surface area contributed by atoms with Crippen molar-refractivity contribution in [3.05, 3.63) is 77.3 Å². The molecule has 0 saturated heterocycles. The molecule has 10 heteroatoms. The molecule has 188 valence electrons. The number of thiophene rings is 1. The molecule has 9 nitrogen and oxygen atoms in total. The number of carboxylic acids is 1. The molecular weight excluding hydrogens is 490 g/mol. The maximum atomic E-state index is 12.4. The molecule has 0 fully saturated rings. The Morgan fingerprint density at radius 2 is 1.84 bits per heavy atom. The van der Waals surface area contributed by atoms with Crippen molar-refractivity contribution >= 4 is 62.6 Å². The summed E-state index contributed by atoms with van der Waals surface area (Å²) < 4.78 is 0.872. The Morgan fingerprint density at radius 3 is 2.57 bits per heavy atom. The van der Waals surface area contributed by atoms with E-state index in [9.17, 15) is 14.4 Å². The van der Waals surface area contributed by atoms with Crippen molar-refractivity contribution in [2.75, 3.05) is 22.9 Å². The van der Waals surface area contributed by atoms with Crippen LogP contribution in [-0.2, 0) is 9.59 Å². The van der Waals surface area contributed by atoms with Gasteiger partial charge in [0, 0.05) is 51.4 Å². The molecule has 2 aromatic carbocycles. The van der Waals surface area contributed by atoms with E-state index in [1.165, 1.54) is 17.4 Å². The number of benzene rings is 2. The number of hydrogen-bond acceptors (Lipinski definition) is 6. The number of nitrogens with one attached hydrogen (secondary N) is 3. The molecule has 0 unspecified atom stereocenters. The van der Waals surface area contributed by atoms with Gasteiger partial charge in [0.05, 0.1) is 6.42 Å². The molecular formula is C27H25N5O4S. The number of carbonyl (C=O) groups is 3. The number of aliphatic carboxylic acids is 1. The minimum Gasteiger partial charge on any atom is -0.481 e. The summed E-state index contributed by atoms with van der Waals surface area (Å²) in [7, 11) is 0. The lowest BCUT2D eigenvalue weighted by Crippen LogP contribution is -2.23. The van der Waals surface area contributed by atoms with Crippen molar-refractivity contribution in [1.82, 2.24) is 10.3 Å². The summed E-state index contributed by atoms with van der Waals surface area (Å²) in [6, 6.07) is 14.6. The smallest absolute Gasteiger partial charge is 0.323 e. The number of aryl methyl sites for hydroxylation is 1. The standard InChI is InChI=1S/C27H25N5O4S/c1-16-3-2-4-20(13-16)32-27(36)31-19-8-5-17(6-9-19)21-15-37-25-18(14-30-26(28)24(21)25)7-10-22(33)29-12-11-23(34)35/h2-10,13-15H,11-12H2,1H3,(H2,28,30)(H,29,33)(H,34,35)(H2,31,32,36). The maximum absolute atomic E-state index is 12.4. The molecule has 4 aromatic rings. The number of nitrogens with zero attached hydrogens (tertiary/aromatic N) is 1. The zero-order valence-corrected chi connectivity index (χ0v) is 20.8. The Labute approximate surface area is 217 Å². The number of urea groups is 1.